The predicted molar refractivity (Wildman–Crippen MR) is 89.8 cm³/mol. The van der Waals surface area contributed by atoms with Crippen LogP contribution in [0.3, 0.4) is 0 Å². The molecule has 128 valence electrons. The SMILES string of the molecule is O=C(NCCCc1ccc(O)cc1)N1CCC(c2ncn[nH]2)CC1. The van der Waals surface area contributed by atoms with Crippen molar-refractivity contribution >= 4 is 6.03 Å². The van der Waals surface area contributed by atoms with Crippen LogP contribution in [0, 0.1) is 0 Å². The molecule has 24 heavy (non-hydrogen) atoms. The largest absolute Gasteiger partial charge is 0.508 e. The Kier molecular flexibility index (Phi) is 5.30. The average Bonchev–Trinajstić information content (AvgIpc) is 3.15. The lowest BCUT2D eigenvalue weighted by Gasteiger charge is -2.31. The molecule has 7 nitrogen and oxygen atoms in total. The van der Waals surface area contributed by atoms with E-state index in [9.17, 15) is 9.90 Å². The molecule has 0 saturated carbocycles. The summed E-state index contributed by atoms with van der Waals surface area (Å²) in [5.74, 6) is 1.57. The number of aromatic amines is 1. The molecule has 0 unspecified atom stereocenters. The van der Waals surface area contributed by atoms with Crippen LogP contribution in [-0.2, 0) is 6.42 Å². The number of likely N-dealkylation sites (tertiary alicyclic amines) is 1. The molecule has 0 aliphatic carbocycles. The Balaban J connectivity index is 1.35. The third-order valence-electron chi connectivity index (χ3n) is 4.46. The van der Waals surface area contributed by atoms with Gasteiger partial charge in [0.2, 0.25) is 0 Å². The summed E-state index contributed by atoms with van der Waals surface area (Å²) in [6.45, 7) is 2.14. The number of aryl methyl sites for hydroxylation is 1. The number of phenolic OH excluding ortho intramolecular Hbond substituents is 1. The number of hydrogen-bond acceptors (Lipinski definition) is 4. The minimum absolute atomic E-state index is 0.0109. The minimum Gasteiger partial charge on any atom is -0.508 e. The molecule has 2 aromatic rings. The molecule has 7 heteroatoms. The van der Waals surface area contributed by atoms with E-state index < -0.39 is 0 Å². The number of aromatic hydroxyl groups is 1. The van der Waals surface area contributed by atoms with Crippen molar-refractivity contribution in [1.82, 2.24) is 25.4 Å². The van der Waals surface area contributed by atoms with Crippen molar-refractivity contribution in [2.45, 2.75) is 31.6 Å². The molecular weight excluding hydrogens is 306 g/mol. The number of carbonyl (C=O) groups excluding carboxylic acids is 1. The zero-order valence-electron chi connectivity index (χ0n) is 13.6. The second-order valence-electron chi connectivity index (χ2n) is 6.13. The van der Waals surface area contributed by atoms with E-state index in [1.165, 1.54) is 6.33 Å². The highest BCUT2D eigenvalue weighted by Gasteiger charge is 2.25. The van der Waals surface area contributed by atoms with Crippen LogP contribution < -0.4 is 5.32 Å². The lowest BCUT2D eigenvalue weighted by Crippen LogP contribution is -2.44. The third-order valence-corrected chi connectivity index (χ3v) is 4.46. The van der Waals surface area contributed by atoms with Crippen molar-refractivity contribution in [3.8, 4) is 5.75 Å². The molecule has 2 heterocycles. The van der Waals surface area contributed by atoms with Gasteiger partial charge in [0.25, 0.3) is 0 Å². The number of urea groups is 1. The first-order valence-electron chi connectivity index (χ1n) is 8.38. The van der Waals surface area contributed by atoms with E-state index in [2.05, 4.69) is 20.5 Å². The first kappa shape index (κ1) is 16.3. The van der Waals surface area contributed by atoms with Crippen LogP contribution in [0.2, 0.25) is 0 Å². The van der Waals surface area contributed by atoms with E-state index in [-0.39, 0.29) is 11.8 Å². The maximum Gasteiger partial charge on any atom is 0.317 e. The zero-order valence-corrected chi connectivity index (χ0v) is 13.6. The zero-order chi connectivity index (χ0) is 16.8. The average molecular weight is 329 g/mol. The molecule has 1 aliphatic heterocycles. The number of rotatable bonds is 5. The first-order valence-corrected chi connectivity index (χ1v) is 8.38. The van der Waals surface area contributed by atoms with Gasteiger partial charge in [-0.1, -0.05) is 12.1 Å². The van der Waals surface area contributed by atoms with Gasteiger partial charge in [-0.05, 0) is 43.4 Å². The molecule has 3 N–H and O–H groups in total. The van der Waals surface area contributed by atoms with E-state index in [4.69, 9.17) is 0 Å². The normalized spacial score (nSPS) is 15.4. The fourth-order valence-electron chi connectivity index (χ4n) is 3.03. The molecule has 1 saturated heterocycles. The molecule has 3 rings (SSSR count). The molecule has 0 radical (unpaired) electrons. The molecule has 1 aromatic heterocycles. The maximum absolute atomic E-state index is 12.2. The second kappa shape index (κ2) is 7.81. The summed E-state index contributed by atoms with van der Waals surface area (Å²) in [7, 11) is 0. The highest BCUT2D eigenvalue weighted by Crippen LogP contribution is 2.24. The summed E-state index contributed by atoms with van der Waals surface area (Å²) in [6.07, 6.45) is 5.12. The van der Waals surface area contributed by atoms with Crippen LogP contribution in [0.5, 0.6) is 5.75 Å². The summed E-state index contributed by atoms with van der Waals surface area (Å²) >= 11 is 0. The van der Waals surface area contributed by atoms with Crippen LogP contribution in [0.25, 0.3) is 0 Å². The van der Waals surface area contributed by atoms with Gasteiger partial charge < -0.3 is 15.3 Å². The van der Waals surface area contributed by atoms with Crippen molar-refractivity contribution < 1.29 is 9.90 Å². The second-order valence-corrected chi connectivity index (χ2v) is 6.13. The number of amides is 2. The van der Waals surface area contributed by atoms with Crippen molar-refractivity contribution in [2.24, 2.45) is 0 Å². The Bertz CT molecular complexity index is 634. The van der Waals surface area contributed by atoms with Gasteiger partial charge in [-0.3, -0.25) is 5.10 Å². The Morgan fingerprint density at radius 3 is 2.71 bits per heavy atom. The Morgan fingerprint density at radius 1 is 1.29 bits per heavy atom. The molecule has 0 spiro atoms. The summed E-state index contributed by atoms with van der Waals surface area (Å²) in [4.78, 5) is 18.3. The highest BCUT2D eigenvalue weighted by atomic mass is 16.3. The van der Waals surface area contributed by atoms with Gasteiger partial charge in [-0.25, -0.2) is 9.78 Å². The number of hydrogen-bond donors (Lipinski definition) is 3. The molecule has 0 atom stereocenters. The van der Waals surface area contributed by atoms with Gasteiger partial charge in [0, 0.05) is 25.6 Å². The quantitative estimate of drug-likeness (QED) is 0.732. The molecule has 1 aromatic carbocycles. The summed E-state index contributed by atoms with van der Waals surface area (Å²) < 4.78 is 0. The lowest BCUT2D eigenvalue weighted by atomic mass is 9.96. The Labute approximate surface area is 141 Å². The van der Waals surface area contributed by atoms with E-state index in [0.717, 1.165) is 50.2 Å². The number of aromatic nitrogens is 3. The summed E-state index contributed by atoms with van der Waals surface area (Å²) in [5, 5.41) is 19.0. The van der Waals surface area contributed by atoms with Crippen molar-refractivity contribution in [2.75, 3.05) is 19.6 Å². The summed E-state index contributed by atoms with van der Waals surface area (Å²) in [5.41, 5.74) is 1.16. The van der Waals surface area contributed by atoms with Crippen LogP contribution in [0.1, 0.15) is 36.6 Å². The van der Waals surface area contributed by atoms with Crippen LogP contribution in [0.15, 0.2) is 30.6 Å². The standard InChI is InChI=1S/C17H23N5O2/c23-15-5-3-13(4-6-15)2-1-9-18-17(24)22-10-7-14(8-11-22)16-19-12-20-21-16/h3-6,12,14,23H,1-2,7-11H2,(H,18,24)(H,19,20,21). The number of carbonyl (C=O) groups is 1. The van der Waals surface area contributed by atoms with Crippen LogP contribution in [-0.4, -0.2) is 50.9 Å². The van der Waals surface area contributed by atoms with Gasteiger partial charge in [0.05, 0.1) is 0 Å². The van der Waals surface area contributed by atoms with Gasteiger partial charge in [-0.15, -0.1) is 0 Å². The van der Waals surface area contributed by atoms with E-state index in [0.29, 0.717) is 12.5 Å². The maximum atomic E-state index is 12.2. The molecular formula is C17H23N5O2. The van der Waals surface area contributed by atoms with Crippen molar-refractivity contribution in [3.63, 3.8) is 0 Å². The fraction of sp³-hybridized carbons (Fsp3) is 0.471. The van der Waals surface area contributed by atoms with Crippen molar-refractivity contribution in [1.29, 1.82) is 0 Å². The molecule has 1 fully saturated rings. The van der Waals surface area contributed by atoms with Crippen molar-refractivity contribution in [3.05, 3.63) is 42.0 Å². The van der Waals surface area contributed by atoms with E-state index >= 15 is 0 Å². The van der Waals surface area contributed by atoms with Gasteiger partial charge >= 0.3 is 6.03 Å². The van der Waals surface area contributed by atoms with Gasteiger partial charge in [0.1, 0.15) is 17.9 Å². The Morgan fingerprint density at radius 2 is 2.04 bits per heavy atom. The number of H-pyrrole nitrogens is 1. The van der Waals surface area contributed by atoms with Crippen LogP contribution >= 0.6 is 0 Å². The Hall–Kier alpha value is -2.57. The lowest BCUT2D eigenvalue weighted by molar-refractivity contribution is 0.180. The number of piperidine rings is 1. The number of nitrogens with one attached hydrogen (secondary N) is 2. The van der Waals surface area contributed by atoms with Gasteiger partial charge in [0.15, 0.2) is 0 Å². The number of phenols is 1. The first-order chi connectivity index (χ1) is 11.7. The smallest absolute Gasteiger partial charge is 0.317 e. The predicted octanol–water partition coefficient (Wildman–Crippen LogP) is 2.03. The molecule has 1 aliphatic rings. The number of benzene rings is 1. The monoisotopic (exact) mass is 329 g/mol. The van der Waals surface area contributed by atoms with Crippen LogP contribution in [0.4, 0.5) is 4.79 Å². The summed E-state index contributed by atoms with van der Waals surface area (Å²) in [6, 6.07) is 7.20. The van der Waals surface area contributed by atoms with E-state index in [1.807, 2.05) is 17.0 Å². The van der Waals surface area contributed by atoms with Gasteiger partial charge in [-0.2, -0.15) is 5.10 Å². The van der Waals surface area contributed by atoms with E-state index in [1.54, 1.807) is 12.1 Å². The third kappa shape index (κ3) is 4.24. The number of nitrogens with zero attached hydrogens (tertiary/aromatic N) is 3. The topological polar surface area (TPSA) is 94.1 Å². The molecule has 2 amide bonds. The highest BCUT2D eigenvalue weighted by molar-refractivity contribution is 5.74. The molecule has 0 bridgehead atoms. The minimum atomic E-state index is 0.0109. The fourth-order valence-corrected chi connectivity index (χ4v) is 3.03.